The predicted molar refractivity (Wildman–Crippen MR) is 74.6 cm³/mol. The van der Waals surface area contributed by atoms with Crippen molar-refractivity contribution < 1.29 is 14.3 Å². The van der Waals surface area contributed by atoms with Crippen LogP contribution in [0.25, 0.3) is 0 Å². The summed E-state index contributed by atoms with van der Waals surface area (Å²) in [6.45, 7) is 5.11. The van der Waals surface area contributed by atoms with Gasteiger partial charge in [0.1, 0.15) is 0 Å². The molecule has 0 fully saturated rings. The minimum atomic E-state index is -0.137. The molecule has 0 saturated carbocycles. The first-order valence-electron chi connectivity index (χ1n) is 6.22. The standard InChI is InChI=1S/C15H19NO3/c1-5-10-16(4)15(17)12-8-9-13(18-6-2)14(11-12)19-7-3/h1,8-9,11H,6-7,10H2,2-4H3. The van der Waals surface area contributed by atoms with Crippen LogP contribution in [0.1, 0.15) is 24.2 Å². The van der Waals surface area contributed by atoms with Crippen molar-refractivity contribution in [1.82, 2.24) is 4.90 Å². The van der Waals surface area contributed by atoms with Gasteiger partial charge in [-0.3, -0.25) is 4.79 Å². The average molecular weight is 261 g/mol. The number of hydrogen-bond donors (Lipinski definition) is 0. The molecule has 0 aromatic heterocycles. The SMILES string of the molecule is C#CCN(C)C(=O)c1ccc(OCC)c(OCC)c1. The van der Waals surface area contributed by atoms with E-state index in [1.807, 2.05) is 13.8 Å². The fourth-order valence-electron chi connectivity index (χ4n) is 1.61. The summed E-state index contributed by atoms with van der Waals surface area (Å²) in [4.78, 5) is 13.6. The van der Waals surface area contributed by atoms with Crippen molar-refractivity contribution in [3.8, 4) is 23.8 Å². The molecule has 0 atom stereocenters. The Bertz CT molecular complexity index is 477. The lowest BCUT2D eigenvalue weighted by atomic mass is 10.1. The summed E-state index contributed by atoms with van der Waals surface area (Å²) >= 11 is 0. The first-order valence-corrected chi connectivity index (χ1v) is 6.22. The average Bonchev–Trinajstić information content (AvgIpc) is 2.40. The molecule has 4 heteroatoms. The number of carbonyl (C=O) groups excluding carboxylic acids is 1. The lowest BCUT2D eigenvalue weighted by Crippen LogP contribution is -2.26. The molecule has 102 valence electrons. The minimum absolute atomic E-state index is 0.137. The zero-order valence-corrected chi connectivity index (χ0v) is 11.6. The van der Waals surface area contributed by atoms with Crippen LogP contribution >= 0.6 is 0 Å². The Morgan fingerprint density at radius 3 is 2.47 bits per heavy atom. The minimum Gasteiger partial charge on any atom is -0.490 e. The van der Waals surface area contributed by atoms with Crippen molar-refractivity contribution in [1.29, 1.82) is 0 Å². The van der Waals surface area contributed by atoms with Gasteiger partial charge in [0.15, 0.2) is 11.5 Å². The van der Waals surface area contributed by atoms with Crippen LogP contribution < -0.4 is 9.47 Å². The maximum absolute atomic E-state index is 12.1. The van der Waals surface area contributed by atoms with E-state index in [9.17, 15) is 4.79 Å². The van der Waals surface area contributed by atoms with E-state index < -0.39 is 0 Å². The molecule has 4 nitrogen and oxygen atoms in total. The highest BCUT2D eigenvalue weighted by molar-refractivity contribution is 5.94. The molecular formula is C15H19NO3. The summed E-state index contributed by atoms with van der Waals surface area (Å²) < 4.78 is 10.9. The van der Waals surface area contributed by atoms with E-state index in [-0.39, 0.29) is 12.5 Å². The second kappa shape index (κ2) is 7.32. The Labute approximate surface area is 114 Å². The van der Waals surface area contributed by atoms with E-state index in [1.54, 1.807) is 25.2 Å². The molecule has 0 aliphatic carbocycles. The molecule has 0 aliphatic heterocycles. The van der Waals surface area contributed by atoms with Crippen LogP contribution in [0, 0.1) is 12.3 Å². The third-order valence-electron chi connectivity index (χ3n) is 2.47. The summed E-state index contributed by atoms with van der Waals surface area (Å²) in [5, 5.41) is 0. The smallest absolute Gasteiger partial charge is 0.254 e. The van der Waals surface area contributed by atoms with Crippen LogP contribution in [-0.2, 0) is 0 Å². The normalized spacial score (nSPS) is 9.58. The Kier molecular flexibility index (Phi) is 5.74. The molecule has 1 amide bonds. The third kappa shape index (κ3) is 3.92. The third-order valence-corrected chi connectivity index (χ3v) is 2.47. The lowest BCUT2D eigenvalue weighted by Gasteiger charge is -2.16. The first kappa shape index (κ1) is 14.9. The van der Waals surface area contributed by atoms with Gasteiger partial charge in [0.05, 0.1) is 19.8 Å². The van der Waals surface area contributed by atoms with E-state index in [2.05, 4.69) is 5.92 Å². The molecule has 19 heavy (non-hydrogen) atoms. The Hall–Kier alpha value is -2.15. The number of benzene rings is 1. The van der Waals surface area contributed by atoms with Crippen LogP contribution in [0.5, 0.6) is 11.5 Å². The number of hydrogen-bond acceptors (Lipinski definition) is 3. The summed E-state index contributed by atoms with van der Waals surface area (Å²) in [5.41, 5.74) is 0.532. The summed E-state index contributed by atoms with van der Waals surface area (Å²) in [5.74, 6) is 3.51. The van der Waals surface area contributed by atoms with Crippen molar-refractivity contribution in [2.75, 3.05) is 26.8 Å². The molecule has 1 rings (SSSR count). The summed E-state index contributed by atoms with van der Waals surface area (Å²) in [7, 11) is 1.67. The van der Waals surface area contributed by atoms with Gasteiger partial charge in [0.25, 0.3) is 5.91 Å². The second-order valence-electron chi connectivity index (χ2n) is 3.89. The van der Waals surface area contributed by atoms with Crippen molar-refractivity contribution in [3.63, 3.8) is 0 Å². The number of carbonyl (C=O) groups is 1. The molecular weight excluding hydrogens is 242 g/mol. The van der Waals surface area contributed by atoms with Gasteiger partial charge >= 0.3 is 0 Å². The molecule has 0 heterocycles. The highest BCUT2D eigenvalue weighted by atomic mass is 16.5. The number of terminal acetylenes is 1. The van der Waals surface area contributed by atoms with Gasteiger partial charge in [0, 0.05) is 12.6 Å². The van der Waals surface area contributed by atoms with Crippen LogP contribution in [0.2, 0.25) is 0 Å². The zero-order valence-electron chi connectivity index (χ0n) is 11.6. The fraction of sp³-hybridized carbons (Fsp3) is 0.400. The summed E-state index contributed by atoms with van der Waals surface area (Å²) in [6.07, 6.45) is 5.20. The van der Waals surface area contributed by atoms with Crippen LogP contribution in [0.15, 0.2) is 18.2 Å². The molecule has 0 N–H and O–H groups in total. The van der Waals surface area contributed by atoms with Gasteiger partial charge < -0.3 is 14.4 Å². The first-order chi connectivity index (χ1) is 9.13. The van der Waals surface area contributed by atoms with Crippen LogP contribution in [0.4, 0.5) is 0 Å². The van der Waals surface area contributed by atoms with Gasteiger partial charge in [-0.25, -0.2) is 0 Å². The quantitative estimate of drug-likeness (QED) is 0.737. The van der Waals surface area contributed by atoms with Crippen LogP contribution in [0.3, 0.4) is 0 Å². The maximum atomic E-state index is 12.1. The Morgan fingerprint density at radius 1 is 1.26 bits per heavy atom. The number of amides is 1. The summed E-state index contributed by atoms with van der Waals surface area (Å²) in [6, 6.07) is 5.14. The second-order valence-corrected chi connectivity index (χ2v) is 3.89. The van der Waals surface area contributed by atoms with E-state index in [4.69, 9.17) is 15.9 Å². The van der Waals surface area contributed by atoms with Gasteiger partial charge in [-0.1, -0.05) is 5.92 Å². The fourth-order valence-corrected chi connectivity index (χ4v) is 1.61. The van der Waals surface area contributed by atoms with Crippen molar-refractivity contribution in [2.45, 2.75) is 13.8 Å². The topological polar surface area (TPSA) is 38.8 Å². The van der Waals surface area contributed by atoms with Gasteiger partial charge in [0.2, 0.25) is 0 Å². The predicted octanol–water partition coefficient (Wildman–Crippen LogP) is 2.19. The number of nitrogens with zero attached hydrogens (tertiary/aromatic N) is 1. The van der Waals surface area contributed by atoms with Gasteiger partial charge in [-0.2, -0.15) is 0 Å². The molecule has 0 spiro atoms. The molecule has 0 radical (unpaired) electrons. The van der Waals surface area contributed by atoms with Gasteiger partial charge in [-0.15, -0.1) is 6.42 Å². The molecule has 0 bridgehead atoms. The molecule has 0 aliphatic rings. The highest BCUT2D eigenvalue weighted by Gasteiger charge is 2.14. The Balaban J connectivity index is 3.00. The number of ether oxygens (including phenoxy) is 2. The molecule has 1 aromatic carbocycles. The largest absolute Gasteiger partial charge is 0.490 e. The zero-order chi connectivity index (χ0) is 14.3. The molecule has 0 unspecified atom stereocenters. The maximum Gasteiger partial charge on any atom is 0.254 e. The van der Waals surface area contributed by atoms with Crippen LogP contribution in [-0.4, -0.2) is 37.6 Å². The van der Waals surface area contributed by atoms with E-state index in [0.717, 1.165) is 0 Å². The molecule has 0 saturated heterocycles. The number of rotatable bonds is 6. The highest BCUT2D eigenvalue weighted by Crippen LogP contribution is 2.28. The van der Waals surface area contributed by atoms with Crippen molar-refractivity contribution in [2.24, 2.45) is 0 Å². The lowest BCUT2D eigenvalue weighted by molar-refractivity contribution is 0.0812. The Morgan fingerprint density at radius 2 is 1.89 bits per heavy atom. The molecule has 1 aromatic rings. The van der Waals surface area contributed by atoms with Crippen molar-refractivity contribution in [3.05, 3.63) is 23.8 Å². The van der Waals surface area contributed by atoms with E-state index >= 15 is 0 Å². The van der Waals surface area contributed by atoms with Gasteiger partial charge in [-0.05, 0) is 32.0 Å². The van der Waals surface area contributed by atoms with E-state index in [0.29, 0.717) is 30.3 Å². The van der Waals surface area contributed by atoms with Crippen molar-refractivity contribution >= 4 is 5.91 Å². The monoisotopic (exact) mass is 261 g/mol. The van der Waals surface area contributed by atoms with E-state index in [1.165, 1.54) is 4.90 Å².